The molecule has 3 rings (SSSR count). The van der Waals surface area contributed by atoms with Crippen LogP contribution in [0.2, 0.25) is 0 Å². The van der Waals surface area contributed by atoms with Crippen LogP contribution >= 0.6 is 0 Å². The van der Waals surface area contributed by atoms with Crippen LogP contribution in [0.3, 0.4) is 0 Å². The molecule has 0 unspecified atom stereocenters. The first-order valence-electron chi connectivity index (χ1n) is 8.21. The molecule has 0 aliphatic rings. The third-order valence-corrected chi connectivity index (χ3v) is 4.31. The van der Waals surface area contributed by atoms with E-state index in [4.69, 9.17) is 5.26 Å². The van der Waals surface area contributed by atoms with Gasteiger partial charge in [0.15, 0.2) is 11.5 Å². The van der Waals surface area contributed by atoms with Gasteiger partial charge in [0, 0.05) is 12.6 Å². The molecule has 0 N–H and O–H groups in total. The second-order valence-electron chi connectivity index (χ2n) is 6.43. The Bertz CT molecular complexity index is 1180. The number of benzene rings is 1. The first-order chi connectivity index (χ1) is 14.2. The van der Waals surface area contributed by atoms with Gasteiger partial charge in [-0.3, -0.25) is 0 Å². The number of alkyl halides is 8. The molecule has 2 heterocycles. The van der Waals surface area contributed by atoms with Crippen molar-refractivity contribution in [2.45, 2.75) is 25.2 Å². The van der Waals surface area contributed by atoms with Gasteiger partial charge >= 0.3 is 18.3 Å². The van der Waals surface area contributed by atoms with E-state index in [1.54, 1.807) is 6.92 Å². The van der Waals surface area contributed by atoms with Crippen molar-refractivity contribution in [2.75, 3.05) is 0 Å². The lowest BCUT2D eigenvalue weighted by Gasteiger charge is -2.19. The molecule has 0 radical (unpaired) electrons. The Morgan fingerprint density at radius 3 is 2.19 bits per heavy atom. The maximum absolute atomic E-state index is 13.8. The average molecular weight is 450 g/mol. The molecule has 0 bridgehead atoms. The number of nitrogens with zero attached hydrogens (tertiary/aromatic N) is 6. The number of hydrogen-bond donors (Lipinski definition) is 0. The van der Waals surface area contributed by atoms with Crippen LogP contribution in [0, 0.1) is 18.3 Å². The van der Waals surface area contributed by atoms with Crippen molar-refractivity contribution >= 4 is 0 Å². The molecule has 0 saturated carbocycles. The number of halogens is 8. The zero-order valence-corrected chi connectivity index (χ0v) is 15.5. The average Bonchev–Trinajstić information content (AvgIpc) is 3.24. The normalized spacial score (nSPS) is 12.8. The maximum atomic E-state index is 13.8. The van der Waals surface area contributed by atoms with Crippen LogP contribution in [-0.4, -0.2) is 31.0 Å². The van der Waals surface area contributed by atoms with Gasteiger partial charge in [0.05, 0.1) is 17.8 Å². The number of hydrogen-bond acceptors (Lipinski definition) is 4. The summed E-state index contributed by atoms with van der Waals surface area (Å²) in [6.07, 6.45) is -11.0. The van der Waals surface area contributed by atoms with Crippen molar-refractivity contribution in [3.63, 3.8) is 0 Å². The van der Waals surface area contributed by atoms with E-state index in [1.807, 2.05) is 6.07 Å². The number of aromatic nitrogens is 5. The quantitative estimate of drug-likeness (QED) is 0.550. The van der Waals surface area contributed by atoms with Gasteiger partial charge in [-0.2, -0.15) is 45.5 Å². The molecular weight excluding hydrogens is 440 g/mol. The fraction of sp³-hybridized carbons (Fsp3) is 0.294. The zero-order chi connectivity index (χ0) is 23.4. The summed E-state index contributed by atoms with van der Waals surface area (Å²) in [5, 5.41) is 18.9. The summed E-state index contributed by atoms with van der Waals surface area (Å²) in [7, 11) is 0.772. The van der Waals surface area contributed by atoms with E-state index >= 15 is 0 Å². The second kappa shape index (κ2) is 7.03. The Hall–Kier alpha value is -3.50. The first-order valence-corrected chi connectivity index (χ1v) is 8.21. The molecule has 2 aromatic heterocycles. The summed E-state index contributed by atoms with van der Waals surface area (Å²) in [5.74, 6) is -7.03. The van der Waals surface area contributed by atoms with E-state index in [1.165, 1.54) is 18.2 Å². The summed E-state index contributed by atoms with van der Waals surface area (Å²) in [6.45, 7) is 1.60. The molecule has 31 heavy (non-hydrogen) atoms. The van der Waals surface area contributed by atoms with Gasteiger partial charge in [0.2, 0.25) is 0 Å². The highest BCUT2D eigenvalue weighted by Crippen LogP contribution is 2.49. The van der Waals surface area contributed by atoms with Crippen molar-refractivity contribution in [1.82, 2.24) is 24.8 Å². The lowest BCUT2D eigenvalue weighted by Crippen LogP contribution is -2.36. The van der Waals surface area contributed by atoms with Crippen molar-refractivity contribution in [3.05, 3.63) is 46.8 Å². The number of nitriles is 1. The Morgan fingerprint density at radius 2 is 1.68 bits per heavy atom. The van der Waals surface area contributed by atoms with Crippen LogP contribution < -0.4 is 0 Å². The summed E-state index contributed by atoms with van der Waals surface area (Å²) in [5.41, 5.74) is -3.59. The fourth-order valence-electron chi connectivity index (χ4n) is 2.84. The fourth-order valence-corrected chi connectivity index (χ4v) is 2.84. The monoisotopic (exact) mass is 450 g/mol. The van der Waals surface area contributed by atoms with Gasteiger partial charge in [-0.05, 0) is 24.6 Å². The minimum atomic E-state index is -6.30. The highest BCUT2D eigenvalue weighted by Gasteiger charge is 2.64. The molecule has 0 fully saturated rings. The Morgan fingerprint density at radius 1 is 1.03 bits per heavy atom. The van der Waals surface area contributed by atoms with E-state index in [2.05, 4.69) is 15.4 Å². The first kappa shape index (κ1) is 22.2. The van der Waals surface area contributed by atoms with Crippen LogP contribution in [0.4, 0.5) is 35.1 Å². The lowest BCUT2D eigenvalue weighted by molar-refractivity contribution is -0.292. The molecule has 164 valence electrons. The van der Waals surface area contributed by atoms with Crippen molar-refractivity contribution < 1.29 is 35.1 Å². The molecule has 0 atom stereocenters. The summed E-state index contributed by atoms with van der Waals surface area (Å²) in [6, 6.07) is 6.27. The van der Waals surface area contributed by atoms with Gasteiger partial charge < -0.3 is 0 Å². The zero-order valence-electron chi connectivity index (χ0n) is 15.5. The SMILES string of the molecule is Cc1cc(-c2cn(-c3c(C(F)(F)F)c(C(F)(F)C(F)(F)F)nn3C)nn2)ccc1C#N. The molecular formula is C17H10F8N6. The lowest BCUT2D eigenvalue weighted by atomic mass is 10.0. The number of aryl methyl sites for hydroxylation is 2. The van der Waals surface area contributed by atoms with Crippen LogP contribution in [0.5, 0.6) is 0 Å². The van der Waals surface area contributed by atoms with E-state index in [9.17, 15) is 35.1 Å². The van der Waals surface area contributed by atoms with E-state index < -0.39 is 35.4 Å². The van der Waals surface area contributed by atoms with Gasteiger partial charge in [-0.15, -0.1) is 5.10 Å². The molecule has 0 saturated heterocycles. The summed E-state index contributed by atoms with van der Waals surface area (Å²) >= 11 is 0. The topological polar surface area (TPSA) is 72.3 Å². The minimum absolute atomic E-state index is 0.00829. The van der Waals surface area contributed by atoms with E-state index in [0.717, 1.165) is 13.2 Å². The Labute approximate surface area is 168 Å². The molecule has 0 aliphatic heterocycles. The summed E-state index contributed by atoms with van der Waals surface area (Å²) < 4.78 is 107. The van der Waals surface area contributed by atoms with Crippen molar-refractivity contribution in [2.24, 2.45) is 7.05 Å². The van der Waals surface area contributed by atoms with E-state index in [0.29, 0.717) is 21.4 Å². The number of rotatable bonds is 3. The summed E-state index contributed by atoms with van der Waals surface area (Å²) in [4.78, 5) is 0. The second-order valence-corrected chi connectivity index (χ2v) is 6.43. The van der Waals surface area contributed by atoms with Crippen LogP contribution in [0.15, 0.2) is 24.4 Å². The molecule has 0 aliphatic carbocycles. The minimum Gasteiger partial charge on any atom is -0.250 e. The van der Waals surface area contributed by atoms with Crippen LogP contribution in [0.25, 0.3) is 17.1 Å². The Kier molecular flexibility index (Phi) is 5.03. The van der Waals surface area contributed by atoms with Gasteiger partial charge in [-0.1, -0.05) is 11.3 Å². The van der Waals surface area contributed by atoms with Gasteiger partial charge in [-0.25, -0.2) is 9.36 Å². The molecule has 0 amide bonds. The van der Waals surface area contributed by atoms with E-state index in [-0.39, 0.29) is 10.4 Å². The highest BCUT2D eigenvalue weighted by atomic mass is 19.4. The van der Waals surface area contributed by atoms with Crippen molar-refractivity contribution in [3.8, 4) is 23.1 Å². The van der Waals surface area contributed by atoms with Crippen LogP contribution in [-0.2, 0) is 19.1 Å². The van der Waals surface area contributed by atoms with Crippen LogP contribution in [0.1, 0.15) is 22.4 Å². The molecule has 1 aromatic carbocycles. The third-order valence-electron chi connectivity index (χ3n) is 4.31. The highest BCUT2D eigenvalue weighted by molar-refractivity contribution is 5.61. The molecule has 3 aromatic rings. The smallest absolute Gasteiger partial charge is 0.250 e. The maximum Gasteiger partial charge on any atom is 0.459 e. The molecule has 6 nitrogen and oxygen atoms in total. The Balaban J connectivity index is 2.19. The molecule has 14 heteroatoms. The van der Waals surface area contributed by atoms with Gasteiger partial charge in [0.1, 0.15) is 11.3 Å². The van der Waals surface area contributed by atoms with Crippen molar-refractivity contribution in [1.29, 1.82) is 5.26 Å². The standard InChI is InChI=1S/C17H10F8N6/c1-8-5-9(3-4-10(8)6-26)11-7-31(29-27-11)14-12(16(20,21)22)13(28-30(14)2)15(18,19)17(23,24)25/h3-5,7H,1-2H3. The third kappa shape index (κ3) is 3.71. The predicted molar refractivity (Wildman–Crippen MR) is 88.0 cm³/mol. The predicted octanol–water partition coefficient (Wildman–Crippen LogP) is 4.52. The molecule has 0 spiro atoms. The van der Waals surface area contributed by atoms with Gasteiger partial charge in [0.25, 0.3) is 0 Å². The largest absolute Gasteiger partial charge is 0.459 e.